The van der Waals surface area contributed by atoms with Gasteiger partial charge in [-0.2, -0.15) is 0 Å². The normalized spacial score (nSPS) is 11.2. The molecule has 7 heteroatoms. The molecule has 0 radical (unpaired) electrons. The van der Waals surface area contributed by atoms with E-state index >= 15 is 0 Å². The minimum absolute atomic E-state index is 0.464. The van der Waals surface area contributed by atoms with Gasteiger partial charge >= 0.3 is 0 Å². The minimum atomic E-state index is 0.464. The van der Waals surface area contributed by atoms with Gasteiger partial charge < -0.3 is 5.32 Å². The standard InChI is InChI=1S/C13H18ClN5S/c1-10(2)15-7-8-19-13(16-17-18-19)20-9-11-5-3-4-6-12(11)14/h3-6,10,15H,7-9H2,1-2H3. The molecule has 0 bridgehead atoms. The second kappa shape index (κ2) is 7.61. The van der Waals surface area contributed by atoms with Gasteiger partial charge in [-0.3, -0.25) is 0 Å². The number of thioether (sulfide) groups is 1. The molecule has 1 N–H and O–H groups in total. The first-order valence-corrected chi connectivity index (χ1v) is 7.89. The predicted molar refractivity (Wildman–Crippen MR) is 82.0 cm³/mol. The number of benzene rings is 1. The van der Waals surface area contributed by atoms with Crippen molar-refractivity contribution in [1.82, 2.24) is 25.5 Å². The highest BCUT2D eigenvalue weighted by Crippen LogP contribution is 2.24. The maximum atomic E-state index is 6.14. The Balaban J connectivity index is 1.90. The Hall–Kier alpha value is -1.11. The lowest BCUT2D eigenvalue weighted by Gasteiger charge is -2.08. The molecule has 1 heterocycles. The second-order valence-electron chi connectivity index (χ2n) is 4.67. The van der Waals surface area contributed by atoms with Gasteiger partial charge in [0.05, 0.1) is 6.54 Å². The Morgan fingerprint density at radius 1 is 1.35 bits per heavy atom. The number of hydrogen-bond donors (Lipinski definition) is 1. The van der Waals surface area contributed by atoms with Crippen LogP contribution < -0.4 is 5.32 Å². The molecule has 0 unspecified atom stereocenters. The van der Waals surface area contributed by atoms with Gasteiger partial charge in [0, 0.05) is 23.4 Å². The lowest BCUT2D eigenvalue weighted by atomic mass is 10.2. The molecule has 0 saturated carbocycles. The molecule has 0 fully saturated rings. The zero-order valence-electron chi connectivity index (χ0n) is 11.6. The Labute approximate surface area is 128 Å². The van der Waals surface area contributed by atoms with Crippen molar-refractivity contribution in [3.05, 3.63) is 34.9 Å². The number of hydrogen-bond acceptors (Lipinski definition) is 5. The molecule has 2 aromatic rings. The summed E-state index contributed by atoms with van der Waals surface area (Å²) >= 11 is 7.74. The van der Waals surface area contributed by atoms with Gasteiger partial charge in [0.15, 0.2) is 0 Å². The number of nitrogens with one attached hydrogen (secondary N) is 1. The summed E-state index contributed by atoms with van der Waals surface area (Å²) < 4.78 is 1.82. The van der Waals surface area contributed by atoms with E-state index in [1.54, 1.807) is 11.8 Å². The monoisotopic (exact) mass is 311 g/mol. The Morgan fingerprint density at radius 2 is 2.15 bits per heavy atom. The van der Waals surface area contributed by atoms with E-state index in [0.29, 0.717) is 6.04 Å². The Kier molecular flexibility index (Phi) is 5.82. The summed E-state index contributed by atoms with van der Waals surface area (Å²) in [5.41, 5.74) is 1.09. The molecule has 108 valence electrons. The van der Waals surface area contributed by atoms with Gasteiger partial charge in [-0.1, -0.05) is 55.4 Å². The number of nitrogens with zero attached hydrogens (tertiary/aromatic N) is 4. The molecule has 1 aromatic carbocycles. The highest BCUT2D eigenvalue weighted by Gasteiger charge is 2.08. The van der Waals surface area contributed by atoms with E-state index < -0.39 is 0 Å². The van der Waals surface area contributed by atoms with Gasteiger partial charge in [-0.05, 0) is 22.1 Å². The second-order valence-corrected chi connectivity index (χ2v) is 6.02. The van der Waals surface area contributed by atoms with Crippen LogP contribution in [0.5, 0.6) is 0 Å². The van der Waals surface area contributed by atoms with E-state index in [-0.39, 0.29) is 0 Å². The van der Waals surface area contributed by atoms with Crippen LogP contribution in [0.3, 0.4) is 0 Å². The summed E-state index contributed by atoms with van der Waals surface area (Å²) in [5.74, 6) is 0.762. The Morgan fingerprint density at radius 3 is 2.90 bits per heavy atom. The van der Waals surface area contributed by atoms with E-state index in [4.69, 9.17) is 11.6 Å². The number of aromatic nitrogens is 4. The molecule has 0 aliphatic carbocycles. The third-order valence-corrected chi connectivity index (χ3v) is 4.06. The van der Waals surface area contributed by atoms with Crippen molar-refractivity contribution < 1.29 is 0 Å². The zero-order valence-corrected chi connectivity index (χ0v) is 13.2. The first-order valence-electron chi connectivity index (χ1n) is 6.52. The van der Waals surface area contributed by atoms with Crippen molar-refractivity contribution in [3.63, 3.8) is 0 Å². The van der Waals surface area contributed by atoms with Gasteiger partial charge in [-0.15, -0.1) is 5.10 Å². The molecule has 20 heavy (non-hydrogen) atoms. The third-order valence-electron chi connectivity index (χ3n) is 2.69. The van der Waals surface area contributed by atoms with Gasteiger partial charge in [0.25, 0.3) is 0 Å². The smallest absolute Gasteiger partial charge is 0.209 e. The van der Waals surface area contributed by atoms with Gasteiger partial charge in [-0.25, -0.2) is 4.68 Å². The molecular weight excluding hydrogens is 294 g/mol. The number of halogens is 1. The number of rotatable bonds is 7. The first-order chi connectivity index (χ1) is 9.66. The minimum Gasteiger partial charge on any atom is -0.313 e. The van der Waals surface area contributed by atoms with Crippen LogP contribution in [0.4, 0.5) is 0 Å². The molecule has 1 aromatic heterocycles. The highest BCUT2D eigenvalue weighted by molar-refractivity contribution is 7.98. The fourth-order valence-electron chi connectivity index (χ4n) is 1.66. The summed E-state index contributed by atoms with van der Waals surface area (Å²) in [6.07, 6.45) is 0. The first kappa shape index (κ1) is 15.3. The van der Waals surface area contributed by atoms with E-state index in [0.717, 1.165) is 34.6 Å². The molecule has 0 aliphatic heterocycles. The average molecular weight is 312 g/mol. The van der Waals surface area contributed by atoms with Crippen molar-refractivity contribution in [3.8, 4) is 0 Å². The fourth-order valence-corrected chi connectivity index (χ4v) is 2.85. The van der Waals surface area contributed by atoms with E-state index in [1.165, 1.54) is 0 Å². The molecule has 0 amide bonds. The van der Waals surface area contributed by atoms with Crippen molar-refractivity contribution in [2.75, 3.05) is 6.54 Å². The van der Waals surface area contributed by atoms with Crippen molar-refractivity contribution >= 4 is 23.4 Å². The van der Waals surface area contributed by atoms with Crippen LogP contribution in [0.25, 0.3) is 0 Å². The maximum Gasteiger partial charge on any atom is 0.209 e. The van der Waals surface area contributed by atoms with Crippen LogP contribution in [-0.4, -0.2) is 32.8 Å². The van der Waals surface area contributed by atoms with Crippen molar-refractivity contribution in [2.24, 2.45) is 0 Å². The quantitative estimate of drug-likeness (QED) is 0.797. The summed E-state index contributed by atoms with van der Waals surface area (Å²) in [5, 5.41) is 16.7. The van der Waals surface area contributed by atoms with E-state index in [1.807, 2.05) is 28.9 Å². The van der Waals surface area contributed by atoms with Gasteiger partial charge in [0.2, 0.25) is 5.16 Å². The van der Waals surface area contributed by atoms with Crippen LogP contribution in [-0.2, 0) is 12.3 Å². The van der Waals surface area contributed by atoms with Crippen molar-refractivity contribution in [2.45, 2.75) is 37.3 Å². The summed E-state index contributed by atoms with van der Waals surface area (Å²) in [4.78, 5) is 0. The van der Waals surface area contributed by atoms with Crippen LogP contribution >= 0.6 is 23.4 Å². The highest BCUT2D eigenvalue weighted by atomic mass is 35.5. The average Bonchev–Trinajstić information content (AvgIpc) is 2.85. The topological polar surface area (TPSA) is 55.6 Å². The fraction of sp³-hybridized carbons (Fsp3) is 0.462. The predicted octanol–water partition coefficient (Wildman–Crippen LogP) is 2.62. The molecule has 2 rings (SSSR count). The third kappa shape index (κ3) is 4.47. The largest absolute Gasteiger partial charge is 0.313 e. The zero-order chi connectivity index (χ0) is 14.4. The van der Waals surface area contributed by atoms with Crippen LogP contribution in [0.1, 0.15) is 19.4 Å². The van der Waals surface area contributed by atoms with Gasteiger partial charge in [0.1, 0.15) is 0 Å². The molecule has 5 nitrogen and oxygen atoms in total. The summed E-state index contributed by atoms with van der Waals surface area (Å²) in [6, 6.07) is 8.29. The number of tetrazole rings is 1. The molecule has 0 saturated heterocycles. The van der Waals surface area contributed by atoms with Crippen LogP contribution in [0.15, 0.2) is 29.4 Å². The summed E-state index contributed by atoms with van der Waals surface area (Å²) in [7, 11) is 0. The molecule has 0 aliphatic rings. The molecule has 0 spiro atoms. The summed E-state index contributed by atoms with van der Waals surface area (Å²) in [6.45, 7) is 5.84. The van der Waals surface area contributed by atoms with Crippen LogP contribution in [0, 0.1) is 0 Å². The lowest BCUT2D eigenvalue weighted by Crippen LogP contribution is -2.27. The SMILES string of the molecule is CC(C)NCCn1nnnc1SCc1ccccc1Cl. The van der Waals surface area contributed by atoms with Crippen molar-refractivity contribution in [1.29, 1.82) is 0 Å². The maximum absolute atomic E-state index is 6.14. The van der Waals surface area contributed by atoms with E-state index in [2.05, 4.69) is 34.7 Å². The van der Waals surface area contributed by atoms with Crippen LogP contribution in [0.2, 0.25) is 5.02 Å². The van der Waals surface area contributed by atoms with E-state index in [9.17, 15) is 0 Å². The molecular formula is C13H18ClN5S. The Bertz CT molecular complexity index is 543. The lowest BCUT2D eigenvalue weighted by molar-refractivity contribution is 0.485. The molecule has 0 atom stereocenters.